The lowest BCUT2D eigenvalue weighted by atomic mass is 10.2. The zero-order chi connectivity index (χ0) is 21.8. The molecule has 0 atom stereocenters. The number of H-pyrrole nitrogens is 1. The number of fused-ring (bicyclic) bond motifs is 2. The van der Waals surface area contributed by atoms with Crippen LogP contribution in [-0.2, 0) is 12.8 Å². The van der Waals surface area contributed by atoms with Gasteiger partial charge in [0, 0.05) is 50.8 Å². The van der Waals surface area contributed by atoms with Gasteiger partial charge in [-0.1, -0.05) is 12.1 Å². The average molecular weight is 433 g/mol. The maximum absolute atomic E-state index is 13.9. The summed E-state index contributed by atoms with van der Waals surface area (Å²) in [5, 5.41) is 6.54. The zero-order valence-electron chi connectivity index (χ0n) is 17.6. The van der Waals surface area contributed by atoms with E-state index in [0.29, 0.717) is 47.8 Å². The third-order valence-corrected chi connectivity index (χ3v) is 5.32. The van der Waals surface area contributed by atoms with Gasteiger partial charge in [-0.2, -0.15) is 0 Å². The largest absolute Gasteiger partial charge is 0.440 e. The average Bonchev–Trinajstić information content (AvgIpc) is 3.42. The molecule has 1 aliphatic rings. The van der Waals surface area contributed by atoms with Gasteiger partial charge in [-0.15, -0.1) is 0 Å². The van der Waals surface area contributed by atoms with Gasteiger partial charge in [0.2, 0.25) is 0 Å². The number of imidazole rings is 1. The Morgan fingerprint density at radius 3 is 2.91 bits per heavy atom. The number of para-hydroxylation sites is 2. The van der Waals surface area contributed by atoms with Crippen molar-refractivity contribution in [2.45, 2.75) is 25.7 Å². The van der Waals surface area contributed by atoms with Crippen LogP contribution in [0.15, 0.2) is 57.5 Å². The molecule has 0 aliphatic carbocycles. The maximum atomic E-state index is 13.9. The van der Waals surface area contributed by atoms with Crippen LogP contribution in [0.4, 0.5) is 10.2 Å². The highest BCUT2D eigenvalue weighted by Gasteiger charge is 2.13. The van der Waals surface area contributed by atoms with Gasteiger partial charge in [-0.3, -0.25) is 4.99 Å². The predicted molar refractivity (Wildman–Crippen MR) is 123 cm³/mol. The number of hydrogen-bond donors (Lipinski definition) is 3. The zero-order valence-corrected chi connectivity index (χ0v) is 17.6. The van der Waals surface area contributed by atoms with Gasteiger partial charge >= 0.3 is 0 Å². The first-order chi connectivity index (χ1) is 15.8. The van der Waals surface area contributed by atoms with E-state index in [9.17, 15) is 4.39 Å². The van der Waals surface area contributed by atoms with E-state index in [0.717, 1.165) is 36.4 Å². The molecule has 8 nitrogen and oxygen atoms in total. The number of aromatic nitrogens is 4. The molecule has 164 valence electrons. The van der Waals surface area contributed by atoms with Gasteiger partial charge in [0.1, 0.15) is 11.7 Å². The minimum atomic E-state index is -0.179. The monoisotopic (exact) mass is 433 g/mol. The SMILES string of the molecule is FC1=C(CNc2nccc3oc(CCNCCc4nc5ccccc5[nH]4)nc23)N=CCC1. The molecule has 4 aromatic rings. The second-order valence-corrected chi connectivity index (χ2v) is 7.62. The van der Waals surface area contributed by atoms with Crippen LogP contribution in [0.25, 0.3) is 22.1 Å². The molecule has 0 amide bonds. The Hall–Kier alpha value is -3.59. The molecule has 9 heteroatoms. The molecule has 1 aromatic carbocycles. The van der Waals surface area contributed by atoms with Crippen LogP contribution >= 0.6 is 0 Å². The second kappa shape index (κ2) is 9.27. The number of aliphatic imine (C=N–C) groups is 1. The number of pyridine rings is 1. The van der Waals surface area contributed by atoms with Crippen molar-refractivity contribution in [3.05, 3.63) is 59.8 Å². The fraction of sp³-hybridized carbons (Fsp3) is 0.304. The molecule has 5 rings (SSSR count). The predicted octanol–water partition coefficient (Wildman–Crippen LogP) is 3.93. The van der Waals surface area contributed by atoms with Crippen LogP contribution in [0.5, 0.6) is 0 Å². The highest BCUT2D eigenvalue weighted by molar-refractivity contribution is 5.84. The lowest BCUT2D eigenvalue weighted by Gasteiger charge is -2.10. The van der Waals surface area contributed by atoms with Crippen LogP contribution in [-0.4, -0.2) is 45.8 Å². The Morgan fingerprint density at radius 2 is 2.00 bits per heavy atom. The number of nitrogens with zero attached hydrogens (tertiary/aromatic N) is 4. The number of halogens is 1. The molecule has 4 heterocycles. The molecular formula is C23H24FN7O. The second-order valence-electron chi connectivity index (χ2n) is 7.62. The van der Waals surface area contributed by atoms with Gasteiger partial charge in [0.15, 0.2) is 22.8 Å². The summed E-state index contributed by atoms with van der Waals surface area (Å²) < 4.78 is 19.8. The summed E-state index contributed by atoms with van der Waals surface area (Å²) in [5.74, 6) is 1.99. The quantitative estimate of drug-likeness (QED) is 0.346. The summed E-state index contributed by atoms with van der Waals surface area (Å²) in [6.45, 7) is 1.80. The number of aromatic amines is 1. The van der Waals surface area contributed by atoms with E-state index in [1.165, 1.54) is 0 Å². The Kier molecular flexibility index (Phi) is 5.89. The molecule has 0 spiro atoms. The van der Waals surface area contributed by atoms with E-state index < -0.39 is 0 Å². The van der Waals surface area contributed by atoms with Crippen LogP contribution < -0.4 is 10.6 Å². The van der Waals surface area contributed by atoms with Gasteiger partial charge in [0.25, 0.3) is 0 Å². The third-order valence-electron chi connectivity index (χ3n) is 5.32. The summed E-state index contributed by atoms with van der Waals surface area (Å²) >= 11 is 0. The maximum Gasteiger partial charge on any atom is 0.196 e. The number of benzene rings is 1. The summed E-state index contributed by atoms with van der Waals surface area (Å²) in [7, 11) is 0. The number of hydrogen-bond acceptors (Lipinski definition) is 7. The van der Waals surface area contributed by atoms with Crippen molar-refractivity contribution in [1.29, 1.82) is 0 Å². The van der Waals surface area contributed by atoms with E-state index in [-0.39, 0.29) is 12.4 Å². The minimum absolute atomic E-state index is 0.179. The van der Waals surface area contributed by atoms with E-state index in [1.807, 2.05) is 24.3 Å². The molecule has 0 saturated heterocycles. The number of oxazole rings is 1. The smallest absolute Gasteiger partial charge is 0.196 e. The van der Waals surface area contributed by atoms with E-state index in [4.69, 9.17) is 4.42 Å². The third kappa shape index (κ3) is 4.52. The van der Waals surface area contributed by atoms with Crippen molar-refractivity contribution in [2.24, 2.45) is 4.99 Å². The first-order valence-corrected chi connectivity index (χ1v) is 10.8. The highest BCUT2D eigenvalue weighted by Crippen LogP contribution is 2.23. The summed E-state index contributed by atoms with van der Waals surface area (Å²) in [6, 6.07) is 9.80. The number of nitrogens with one attached hydrogen (secondary N) is 3. The molecule has 0 radical (unpaired) electrons. The molecule has 0 saturated carbocycles. The fourth-order valence-electron chi connectivity index (χ4n) is 3.68. The van der Waals surface area contributed by atoms with E-state index in [2.05, 4.69) is 35.6 Å². The Bertz CT molecular complexity index is 1260. The number of rotatable bonds is 9. The van der Waals surface area contributed by atoms with Crippen molar-refractivity contribution in [1.82, 2.24) is 25.3 Å². The van der Waals surface area contributed by atoms with Crippen LogP contribution in [0.2, 0.25) is 0 Å². The van der Waals surface area contributed by atoms with Gasteiger partial charge in [-0.25, -0.2) is 19.3 Å². The standard InChI is InChI=1S/C23H24FN7O/c24-15-4-3-10-26-18(15)14-28-23-22-19(7-13-27-23)32-21(31-22)9-12-25-11-8-20-29-16-5-1-2-6-17(16)30-20/h1-2,5-7,10,13,25H,3-4,8-9,11-12,14H2,(H,27,28)(H,29,30). The van der Waals surface area contributed by atoms with Crippen LogP contribution in [0.1, 0.15) is 24.6 Å². The number of allylic oxidation sites excluding steroid dienone is 1. The fourth-order valence-corrected chi connectivity index (χ4v) is 3.68. The van der Waals surface area contributed by atoms with Crippen molar-refractivity contribution >= 4 is 34.2 Å². The lowest BCUT2D eigenvalue weighted by Crippen LogP contribution is -2.20. The first kappa shape index (κ1) is 20.3. The molecular weight excluding hydrogens is 409 g/mol. The highest BCUT2D eigenvalue weighted by atomic mass is 19.1. The molecule has 32 heavy (non-hydrogen) atoms. The van der Waals surface area contributed by atoms with E-state index >= 15 is 0 Å². The molecule has 0 fully saturated rings. The normalized spacial score (nSPS) is 14.0. The summed E-state index contributed by atoms with van der Waals surface area (Å²) in [4.78, 5) is 21.0. The summed E-state index contributed by atoms with van der Waals surface area (Å²) in [5.41, 5.74) is 3.75. The van der Waals surface area contributed by atoms with Crippen LogP contribution in [0.3, 0.4) is 0 Å². The van der Waals surface area contributed by atoms with Crippen molar-refractivity contribution in [2.75, 3.05) is 25.0 Å². The van der Waals surface area contributed by atoms with E-state index in [1.54, 1.807) is 18.5 Å². The molecule has 0 unspecified atom stereocenters. The topological polar surface area (TPSA) is 104 Å². The molecule has 1 aliphatic heterocycles. The van der Waals surface area contributed by atoms with Gasteiger partial charge < -0.3 is 20.0 Å². The Labute approximate surface area is 184 Å². The minimum Gasteiger partial charge on any atom is -0.440 e. The Balaban J connectivity index is 1.14. The van der Waals surface area contributed by atoms with Gasteiger partial charge in [-0.05, 0) is 18.6 Å². The molecule has 3 N–H and O–H groups in total. The summed E-state index contributed by atoms with van der Waals surface area (Å²) in [6.07, 6.45) is 5.90. The molecule has 3 aromatic heterocycles. The Morgan fingerprint density at radius 1 is 1.09 bits per heavy atom. The molecule has 0 bridgehead atoms. The van der Waals surface area contributed by atoms with Crippen molar-refractivity contribution in [3.8, 4) is 0 Å². The van der Waals surface area contributed by atoms with Crippen LogP contribution in [0, 0.1) is 0 Å². The van der Waals surface area contributed by atoms with Crippen molar-refractivity contribution in [3.63, 3.8) is 0 Å². The first-order valence-electron chi connectivity index (χ1n) is 10.8. The lowest BCUT2D eigenvalue weighted by molar-refractivity contribution is 0.515. The van der Waals surface area contributed by atoms with Gasteiger partial charge in [0.05, 0.1) is 23.3 Å². The van der Waals surface area contributed by atoms with Crippen molar-refractivity contribution < 1.29 is 8.81 Å². The number of anilines is 1.